The molecule has 2 aromatic rings. The van der Waals surface area contributed by atoms with Gasteiger partial charge in [-0.05, 0) is 42.5 Å². The highest BCUT2D eigenvalue weighted by atomic mass is 35.5. The third-order valence-corrected chi connectivity index (χ3v) is 2.52. The Morgan fingerprint density at radius 1 is 0.944 bits per heavy atom. The molecule has 0 N–H and O–H groups in total. The van der Waals surface area contributed by atoms with Gasteiger partial charge in [-0.1, -0.05) is 23.2 Å². The molecule has 18 heavy (non-hydrogen) atoms. The number of isocyanates is 1. The predicted molar refractivity (Wildman–Crippen MR) is 70.8 cm³/mol. The molecule has 0 aromatic heterocycles. The molecule has 2 aromatic carbocycles. The van der Waals surface area contributed by atoms with Crippen LogP contribution in [-0.4, -0.2) is 6.08 Å². The van der Waals surface area contributed by atoms with Gasteiger partial charge in [0.2, 0.25) is 6.08 Å². The average molecular weight is 280 g/mol. The molecule has 0 saturated heterocycles. The summed E-state index contributed by atoms with van der Waals surface area (Å²) in [7, 11) is 0. The summed E-state index contributed by atoms with van der Waals surface area (Å²) in [6.07, 6.45) is 1.47. The molecule has 0 amide bonds. The summed E-state index contributed by atoms with van der Waals surface area (Å²) < 4.78 is 5.56. The van der Waals surface area contributed by atoms with E-state index in [0.717, 1.165) is 0 Å². The summed E-state index contributed by atoms with van der Waals surface area (Å²) >= 11 is 11.7. The Labute approximate surface area is 114 Å². The maximum absolute atomic E-state index is 10.1. The van der Waals surface area contributed by atoms with Crippen LogP contribution >= 0.6 is 23.2 Å². The van der Waals surface area contributed by atoms with Gasteiger partial charge >= 0.3 is 0 Å². The first-order valence-electron chi connectivity index (χ1n) is 4.99. The van der Waals surface area contributed by atoms with Crippen molar-refractivity contribution < 1.29 is 9.53 Å². The number of hydrogen-bond acceptors (Lipinski definition) is 3. The Kier molecular flexibility index (Phi) is 4.00. The van der Waals surface area contributed by atoms with Crippen LogP contribution in [0.15, 0.2) is 47.5 Å². The van der Waals surface area contributed by atoms with Crippen molar-refractivity contribution in [2.24, 2.45) is 4.99 Å². The topological polar surface area (TPSA) is 38.7 Å². The molecule has 0 aliphatic heterocycles. The van der Waals surface area contributed by atoms with E-state index < -0.39 is 0 Å². The van der Waals surface area contributed by atoms with Crippen LogP contribution in [0, 0.1) is 0 Å². The highest BCUT2D eigenvalue weighted by Gasteiger charge is 2.01. The summed E-state index contributed by atoms with van der Waals surface area (Å²) in [6.45, 7) is 0. The third kappa shape index (κ3) is 3.34. The monoisotopic (exact) mass is 279 g/mol. The van der Waals surface area contributed by atoms with Gasteiger partial charge in [-0.25, -0.2) is 4.79 Å². The average Bonchev–Trinajstić information content (AvgIpc) is 2.31. The van der Waals surface area contributed by atoms with Crippen molar-refractivity contribution in [2.45, 2.75) is 0 Å². The highest BCUT2D eigenvalue weighted by Crippen LogP contribution is 2.29. The van der Waals surface area contributed by atoms with Gasteiger partial charge in [-0.2, -0.15) is 4.99 Å². The van der Waals surface area contributed by atoms with Crippen LogP contribution in [-0.2, 0) is 4.79 Å². The van der Waals surface area contributed by atoms with Crippen LogP contribution in [0.3, 0.4) is 0 Å². The van der Waals surface area contributed by atoms with Gasteiger partial charge in [0.1, 0.15) is 11.5 Å². The Morgan fingerprint density at radius 2 is 1.56 bits per heavy atom. The van der Waals surface area contributed by atoms with Crippen LogP contribution in [0.5, 0.6) is 11.5 Å². The molecule has 3 nitrogen and oxygen atoms in total. The Balaban J connectivity index is 2.20. The molecule has 0 aliphatic rings. The smallest absolute Gasteiger partial charge is 0.240 e. The number of ether oxygens (including phenoxy) is 1. The van der Waals surface area contributed by atoms with Crippen LogP contribution in [0.1, 0.15) is 0 Å². The molecule has 0 atom stereocenters. The van der Waals surface area contributed by atoms with E-state index >= 15 is 0 Å². The first-order valence-corrected chi connectivity index (χ1v) is 5.75. The molecule has 0 unspecified atom stereocenters. The van der Waals surface area contributed by atoms with E-state index in [9.17, 15) is 4.79 Å². The fraction of sp³-hybridized carbons (Fsp3) is 0. The highest BCUT2D eigenvalue weighted by molar-refractivity contribution is 6.34. The number of benzene rings is 2. The zero-order chi connectivity index (χ0) is 13.0. The second-order valence-corrected chi connectivity index (χ2v) is 4.28. The molecule has 90 valence electrons. The van der Waals surface area contributed by atoms with Crippen molar-refractivity contribution in [3.63, 3.8) is 0 Å². The molecule has 0 spiro atoms. The Morgan fingerprint density at radius 3 is 2.11 bits per heavy atom. The number of rotatable bonds is 3. The van der Waals surface area contributed by atoms with Gasteiger partial charge in [-0.15, -0.1) is 0 Å². The van der Waals surface area contributed by atoms with Crippen molar-refractivity contribution in [2.75, 3.05) is 0 Å². The lowest BCUT2D eigenvalue weighted by atomic mass is 10.3. The van der Waals surface area contributed by atoms with Crippen molar-refractivity contribution in [3.8, 4) is 11.5 Å². The van der Waals surface area contributed by atoms with E-state index in [1.807, 2.05) is 0 Å². The molecule has 0 fully saturated rings. The van der Waals surface area contributed by atoms with Gasteiger partial charge in [0.15, 0.2) is 0 Å². The molecule has 0 heterocycles. The number of aliphatic imine (C=N–C) groups is 1. The van der Waals surface area contributed by atoms with Crippen molar-refractivity contribution in [3.05, 3.63) is 52.5 Å². The van der Waals surface area contributed by atoms with E-state index in [1.165, 1.54) is 6.08 Å². The minimum Gasteiger partial charge on any atom is -0.457 e. The molecular weight excluding hydrogens is 273 g/mol. The Hall–Kier alpha value is -1.80. The summed E-state index contributed by atoms with van der Waals surface area (Å²) in [6, 6.07) is 11.6. The fourth-order valence-electron chi connectivity index (χ4n) is 1.36. The second-order valence-electron chi connectivity index (χ2n) is 3.40. The normalized spacial score (nSPS) is 9.67. The SMILES string of the molecule is O=C=Nc1ccc(Oc2cc(Cl)cc(Cl)c2)cc1. The molecule has 2 rings (SSSR count). The third-order valence-electron chi connectivity index (χ3n) is 2.08. The summed E-state index contributed by atoms with van der Waals surface area (Å²) in [4.78, 5) is 13.6. The van der Waals surface area contributed by atoms with Gasteiger partial charge in [0.05, 0.1) is 5.69 Å². The largest absolute Gasteiger partial charge is 0.457 e. The van der Waals surface area contributed by atoms with Crippen molar-refractivity contribution in [1.82, 2.24) is 0 Å². The predicted octanol–water partition coefficient (Wildman–Crippen LogP) is 4.75. The Bertz CT molecular complexity index is 585. The molecule has 0 radical (unpaired) electrons. The molecule has 0 aliphatic carbocycles. The maximum Gasteiger partial charge on any atom is 0.240 e. The number of nitrogens with zero attached hydrogens (tertiary/aromatic N) is 1. The maximum atomic E-state index is 10.1. The van der Waals surface area contributed by atoms with E-state index in [0.29, 0.717) is 27.2 Å². The van der Waals surface area contributed by atoms with E-state index in [4.69, 9.17) is 27.9 Å². The number of hydrogen-bond donors (Lipinski definition) is 0. The molecule has 0 bridgehead atoms. The van der Waals surface area contributed by atoms with Crippen LogP contribution in [0.25, 0.3) is 0 Å². The lowest BCUT2D eigenvalue weighted by Crippen LogP contribution is -1.83. The fourth-order valence-corrected chi connectivity index (χ4v) is 1.87. The molecular formula is C13H7Cl2NO2. The van der Waals surface area contributed by atoms with Crippen LogP contribution in [0.2, 0.25) is 10.0 Å². The summed E-state index contributed by atoms with van der Waals surface area (Å²) in [5.74, 6) is 1.14. The summed E-state index contributed by atoms with van der Waals surface area (Å²) in [5, 5.41) is 0.999. The molecule has 0 saturated carbocycles. The van der Waals surface area contributed by atoms with E-state index in [2.05, 4.69) is 4.99 Å². The lowest BCUT2D eigenvalue weighted by Gasteiger charge is -2.06. The lowest BCUT2D eigenvalue weighted by molar-refractivity contribution is 0.483. The second kappa shape index (κ2) is 5.69. The standard InChI is InChI=1S/C13H7Cl2NO2/c14-9-5-10(15)7-13(6-9)18-12-3-1-11(2-4-12)16-8-17/h1-7H. The number of halogens is 2. The van der Waals surface area contributed by atoms with Gasteiger partial charge in [0.25, 0.3) is 0 Å². The zero-order valence-electron chi connectivity index (χ0n) is 9.06. The van der Waals surface area contributed by atoms with Crippen molar-refractivity contribution >= 4 is 35.0 Å². The van der Waals surface area contributed by atoms with Gasteiger partial charge in [0, 0.05) is 10.0 Å². The minimum absolute atomic E-state index is 0.500. The van der Waals surface area contributed by atoms with Crippen LogP contribution < -0.4 is 4.74 Å². The van der Waals surface area contributed by atoms with Gasteiger partial charge in [-0.3, -0.25) is 0 Å². The summed E-state index contributed by atoms with van der Waals surface area (Å²) in [5.41, 5.74) is 0.515. The number of carbonyl (C=O) groups excluding carboxylic acids is 1. The van der Waals surface area contributed by atoms with Crippen LogP contribution in [0.4, 0.5) is 5.69 Å². The quantitative estimate of drug-likeness (QED) is 0.601. The first-order chi connectivity index (χ1) is 8.67. The van der Waals surface area contributed by atoms with Crippen molar-refractivity contribution in [1.29, 1.82) is 0 Å². The molecule has 5 heteroatoms. The van der Waals surface area contributed by atoms with E-state index in [1.54, 1.807) is 42.5 Å². The minimum atomic E-state index is 0.500. The first kappa shape index (κ1) is 12.7. The zero-order valence-corrected chi connectivity index (χ0v) is 10.6. The van der Waals surface area contributed by atoms with Gasteiger partial charge < -0.3 is 4.74 Å². The van der Waals surface area contributed by atoms with E-state index in [-0.39, 0.29) is 0 Å².